The van der Waals surface area contributed by atoms with E-state index in [0.29, 0.717) is 11.3 Å². The van der Waals surface area contributed by atoms with E-state index in [1.165, 1.54) is 25.3 Å². The van der Waals surface area contributed by atoms with Crippen LogP contribution in [0.5, 0.6) is 0 Å². The maximum Gasteiger partial charge on any atom is 0.271 e. The van der Waals surface area contributed by atoms with Gasteiger partial charge in [-0.25, -0.2) is 0 Å². The van der Waals surface area contributed by atoms with Gasteiger partial charge in [0.15, 0.2) is 0 Å². The summed E-state index contributed by atoms with van der Waals surface area (Å²) in [6, 6.07) is 10.00. The molecule has 1 amide bonds. The van der Waals surface area contributed by atoms with Crippen molar-refractivity contribution in [2.75, 3.05) is 7.05 Å². The first-order valence-corrected chi connectivity index (χ1v) is 7.16. The Balaban J connectivity index is 2.57. The van der Waals surface area contributed by atoms with Gasteiger partial charge in [-0.15, -0.1) is 0 Å². The van der Waals surface area contributed by atoms with Crippen molar-refractivity contribution in [1.82, 2.24) is 9.88 Å². The third-order valence-corrected chi connectivity index (χ3v) is 3.66. The van der Waals surface area contributed by atoms with Crippen LogP contribution >= 0.6 is 0 Å². The Morgan fingerprint density at radius 1 is 1.38 bits per heavy atom. The SMILES string of the molecule is CNC(=O)C(C#N)=Cc1cc(C)n(-c2cccc([N+](=O)[O-])c2)c1C. The largest absolute Gasteiger partial charge is 0.354 e. The molecule has 0 radical (unpaired) electrons. The van der Waals surface area contributed by atoms with Crippen molar-refractivity contribution in [3.8, 4) is 11.8 Å². The first-order chi connectivity index (χ1) is 11.4. The van der Waals surface area contributed by atoms with Gasteiger partial charge in [0.05, 0.1) is 10.6 Å². The van der Waals surface area contributed by atoms with Crippen molar-refractivity contribution in [2.24, 2.45) is 0 Å². The van der Waals surface area contributed by atoms with E-state index in [-0.39, 0.29) is 11.3 Å². The van der Waals surface area contributed by atoms with Gasteiger partial charge in [-0.05, 0) is 37.6 Å². The number of amides is 1. The molecule has 24 heavy (non-hydrogen) atoms. The van der Waals surface area contributed by atoms with Crippen LogP contribution in [0.1, 0.15) is 17.0 Å². The summed E-state index contributed by atoms with van der Waals surface area (Å²) in [5, 5.41) is 22.5. The van der Waals surface area contributed by atoms with E-state index in [9.17, 15) is 14.9 Å². The predicted octanol–water partition coefficient (Wildman–Crippen LogP) is 2.66. The van der Waals surface area contributed by atoms with Gasteiger partial charge in [0, 0.05) is 30.6 Å². The van der Waals surface area contributed by atoms with E-state index in [4.69, 9.17) is 5.26 Å². The quantitative estimate of drug-likeness (QED) is 0.404. The highest BCUT2D eigenvalue weighted by atomic mass is 16.6. The minimum Gasteiger partial charge on any atom is -0.354 e. The van der Waals surface area contributed by atoms with Crippen molar-refractivity contribution in [3.63, 3.8) is 0 Å². The molecule has 0 spiro atoms. The predicted molar refractivity (Wildman–Crippen MR) is 89.6 cm³/mol. The highest BCUT2D eigenvalue weighted by molar-refractivity contribution is 6.01. The van der Waals surface area contributed by atoms with Crippen molar-refractivity contribution < 1.29 is 9.72 Å². The number of likely N-dealkylation sites (N-methyl/N-ethyl adjacent to an activating group) is 1. The van der Waals surface area contributed by atoms with Gasteiger partial charge in [-0.2, -0.15) is 5.26 Å². The van der Waals surface area contributed by atoms with Crippen LogP contribution < -0.4 is 5.32 Å². The molecule has 1 N–H and O–H groups in total. The first kappa shape index (κ1) is 17.0. The molecule has 1 heterocycles. The molecule has 0 aliphatic carbocycles. The number of hydrogen-bond acceptors (Lipinski definition) is 4. The summed E-state index contributed by atoms with van der Waals surface area (Å²) in [7, 11) is 1.46. The van der Waals surface area contributed by atoms with Gasteiger partial charge in [0.1, 0.15) is 11.6 Å². The number of nitro groups is 1. The second-order valence-corrected chi connectivity index (χ2v) is 5.19. The van der Waals surface area contributed by atoms with E-state index in [1.807, 2.05) is 30.6 Å². The molecule has 7 heteroatoms. The van der Waals surface area contributed by atoms with Crippen LogP contribution in [0.2, 0.25) is 0 Å². The van der Waals surface area contributed by atoms with Crippen LogP contribution in [-0.2, 0) is 4.79 Å². The molecule has 0 atom stereocenters. The van der Waals surface area contributed by atoms with Gasteiger partial charge in [0.25, 0.3) is 11.6 Å². The third-order valence-electron chi connectivity index (χ3n) is 3.66. The van der Waals surface area contributed by atoms with Crippen molar-refractivity contribution in [3.05, 3.63) is 63.0 Å². The lowest BCUT2D eigenvalue weighted by Gasteiger charge is -2.09. The van der Waals surface area contributed by atoms with Crippen LogP contribution in [0.25, 0.3) is 11.8 Å². The molecule has 1 aromatic carbocycles. The minimum atomic E-state index is -0.461. The number of hydrogen-bond donors (Lipinski definition) is 1. The lowest BCUT2D eigenvalue weighted by atomic mass is 10.1. The molecule has 0 bridgehead atoms. The molecule has 0 fully saturated rings. The smallest absolute Gasteiger partial charge is 0.271 e. The number of aryl methyl sites for hydroxylation is 1. The van der Waals surface area contributed by atoms with Gasteiger partial charge in [-0.1, -0.05) is 6.07 Å². The van der Waals surface area contributed by atoms with Gasteiger partial charge >= 0.3 is 0 Å². The Hall–Kier alpha value is -3.40. The Morgan fingerprint density at radius 3 is 2.67 bits per heavy atom. The molecule has 0 unspecified atom stereocenters. The highest BCUT2D eigenvalue weighted by Crippen LogP contribution is 2.25. The van der Waals surface area contributed by atoms with Gasteiger partial charge in [0.2, 0.25) is 0 Å². The number of nitro benzene ring substituents is 1. The minimum absolute atomic E-state index is 0.000154. The lowest BCUT2D eigenvalue weighted by molar-refractivity contribution is -0.384. The van der Waals surface area contributed by atoms with Crippen molar-refractivity contribution in [2.45, 2.75) is 13.8 Å². The molecule has 122 valence electrons. The van der Waals surface area contributed by atoms with Crippen LogP contribution in [0, 0.1) is 35.3 Å². The average molecular weight is 324 g/mol. The lowest BCUT2D eigenvalue weighted by Crippen LogP contribution is -2.19. The summed E-state index contributed by atoms with van der Waals surface area (Å²) in [5.41, 5.74) is 2.98. The van der Waals surface area contributed by atoms with E-state index in [1.54, 1.807) is 12.1 Å². The number of benzene rings is 1. The number of nitrogens with zero attached hydrogens (tertiary/aromatic N) is 3. The van der Waals surface area contributed by atoms with E-state index in [0.717, 1.165) is 11.4 Å². The molecule has 7 nitrogen and oxygen atoms in total. The molecule has 2 aromatic rings. The third kappa shape index (κ3) is 3.17. The monoisotopic (exact) mass is 324 g/mol. The van der Waals surface area contributed by atoms with E-state index in [2.05, 4.69) is 5.32 Å². The average Bonchev–Trinajstić information content (AvgIpc) is 2.85. The van der Waals surface area contributed by atoms with E-state index >= 15 is 0 Å². The summed E-state index contributed by atoms with van der Waals surface area (Å²) < 4.78 is 1.84. The van der Waals surface area contributed by atoms with E-state index < -0.39 is 10.8 Å². The second-order valence-electron chi connectivity index (χ2n) is 5.19. The fourth-order valence-corrected chi connectivity index (χ4v) is 2.52. The van der Waals surface area contributed by atoms with Gasteiger partial charge < -0.3 is 9.88 Å². The summed E-state index contributed by atoms with van der Waals surface area (Å²) in [6.07, 6.45) is 1.51. The standard InChI is InChI=1S/C17H16N4O3/c1-11-7-13(8-14(10-18)17(22)19-3)12(2)20(11)15-5-4-6-16(9-15)21(23)24/h4-9H,1-3H3,(H,19,22). The molecule has 0 aliphatic rings. The number of carbonyl (C=O) groups excluding carboxylic acids is 1. The molecule has 0 aliphatic heterocycles. The number of nitrogens with one attached hydrogen (secondary N) is 1. The number of rotatable bonds is 4. The van der Waals surface area contributed by atoms with Crippen LogP contribution in [-0.4, -0.2) is 22.4 Å². The molecule has 0 saturated heterocycles. The number of nitriles is 1. The summed E-state index contributed by atoms with van der Waals surface area (Å²) >= 11 is 0. The number of aromatic nitrogens is 1. The Labute approximate surface area is 139 Å². The highest BCUT2D eigenvalue weighted by Gasteiger charge is 2.14. The zero-order chi connectivity index (χ0) is 17.9. The molecular formula is C17H16N4O3. The van der Waals surface area contributed by atoms with Crippen molar-refractivity contribution >= 4 is 17.7 Å². The fraction of sp³-hybridized carbons (Fsp3) is 0.176. The Bertz CT molecular complexity index is 888. The zero-order valence-corrected chi connectivity index (χ0v) is 13.5. The number of non-ortho nitro benzene ring substituents is 1. The molecule has 0 saturated carbocycles. The summed E-state index contributed by atoms with van der Waals surface area (Å²) in [5.74, 6) is -0.461. The summed E-state index contributed by atoms with van der Waals surface area (Å²) in [4.78, 5) is 22.2. The van der Waals surface area contributed by atoms with Gasteiger partial charge in [-0.3, -0.25) is 14.9 Å². The number of carbonyl (C=O) groups is 1. The van der Waals surface area contributed by atoms with Crippen LogP contribution in [0.3, 0.4) is 0 Å². The van der Waals surface area contributed by atoms with Crippen LogP contribution in [0.4, 0.5) is 5.69 Å². The van der Waals surface area contributed by atoms with Crippen LogP contribution in [0.15, 0.2) is 35.9 Å². The molecule has 1 aromatic heterocycles. The topological polar surface area (TPSA) is 101 Å². The molecule has 2 rings (SSSR count). The Kier molecular flexibility index (Phi) is 4.80. The Morgan fingerprint density at radius 2 is 2.08 bits per heavy atom. The maximum atomic E-state index is 11.7. The zero-order valence-electron chi connectivity index (χ0n) is 13.5. The molecular weight excluding hydrogens is 308 g/mol. The normalized spacial score (nSPS) is 11.0. The maximum absolute atomic E-state index is 11.7. The fourth-order valence-electron chi connectivity index (χ4n) is 2.52. The first-order valence-electron chi connectivity index (χ1n) is 7.16. The van der Waals surface area contributed by atoms with Crippen molar-refractivity contribution in [1.29, 1.82) is 5.26 Å². The second kappa shape index (κ2) is 6.79. The summed E-state index contributed by atoms with van der Waals surface area (Å²) in [6.45, 7) is 3.69.